The summed E-state index contributed by atoms with van der Waals surface area (Å²) in [5, 5.41) is 0. The zero-order valence-corrected chi connectivity index (χ0v) is 12.5. The predicted octanol–water partition coefficient (Wildman–Crippen LogP) is 3.01. The molecule has 4 heteroatoms. The summed E-state index contributed by atoms with van der Waals surface area (Å²) in [4.78, 5) is 25.9. The van der Waals surface area contributed by atoms with E-state index >= 15 is 0 Å². The second-order valence-corrected chi connectivity index (χ2v) is 5.62. The SMILES string of the molecule is CCC(=O)C1CCCN(c2ccccc2I)C1=O. The molecule has 18 heavy (non-hydrogen) atoms. The van der Waals surface area contributed by atoms with Gasteiger partial charge in [0.25, 0.3) is 0 Å². The van der Waals surface area contributed by atoms with Crippen LogP contribution in [0.3, 0.4) is 0 Å². The molecule has 1 amide bonds. The number of hydrogen-bond acceptors (Lipinski definition) is 2. The van der Waals surface area contributed by atoms with E-state index in [2.05, 4.69) is 22.6 Å². The number of para-hydroxylation sites is 1. The van der Waals surface area contributed by atoms with Crippen LogP contribution in [0.5, 0.6) is 0 Å². The fourth-order valence-corrected chi connectivity index (χ4v) is 3.01. The first kappa shape index (κ1) is 13.5. The highest BCUT2D eigenvalue weighted by Gasteiger charge is 2.34. The number of hydrogen-bond donors (Lipinski definition) is 0. The van der Waals surface area contributed by atoms with Gasteiger partial charge in [0.2, 0.25) is 5.91 Å². The lowest BCUT2D eigenvalue weighted by Gasteiger charge is -2.32. The van der Waals surface area contributed by atoms with Crippen molar-refractivity contribution in [2.24, 2.45) is 5.92 Å². The van der Waals surface area contributed by atoms with E-state index in [1.54, 1.807) is 4.90 Å². The Bertz CT molecular complexity index is 473. The summed E-state index contributed by atoms with van der Waals surface area (Å²) >= 11 is 2.23. The molecule has 1 saturated heterocycles. The van der Waals surface area contributed by atoms with Crippen molar-refractivity contribution >= 4 is 40.0 Å². The number of anilines is 1. The van der Waals surface area contributed by atoms with Gasteiger partial charge >= 0.3 is 0 Å². The number of nitrogens with zero attached hydrogens (tertiary/aromatic N) is 1. The summed E-state index contributed by atoms with van der Waals surface area (Å²) in [7, 11) is 0. The molecule has 1 aliphatic rings. The van der Waals surface area contributed by atoms with Crippen LogP contribution in [0.15, 0.2) is 24.3 Å². The molecule has 1 aromatic carbocycles. The van der Waals surface area contributed by atoms with Crippen LogP contribution in [0.4, 0.5) is 5.69 Å². The van der Waals surface area contributed by atoms with Crippen LogP contribution >= 0.6 is 22.6 Å². The molecule has 0 aliphatic carbocycles. The Kier molecular flexibility index (Phi) is 4.37. The quantitative estimate of drug-likeness (QED) is 0.616. The molecule has 1 atom stereocenters. The molecule has 96 valence electrons. The summed E-state index contributed by atoms with van der Waals surface area (Å²) < 4.78 is 1.05. The molecule has 0 bridgehead atoms. The van der Waals surface area contributed by atoms with Crippen LogP contribution in [-0.4, -0.2) is 18.2 Å². The monoisotopic (exact) mass is 357 g/mol. The molecule has 3 nitrogen and oxygen atoms in total. The van der Waals surface area contributed by atoms with E-state index in [0.717, 1.165) is 15.7 Å². The maximum absolute atomic E-state index is 12.4. The number of benzene rings is 1. The van der Waals surface area contributed by atoms with Crippen molar-refractivity contribution in [3.8, 4) is 0 Å². The van der Waals surface area contributed by atoms with Crippen molar-refractivity contribution in [3.05, 3.63) is 27.8 Å². The first-order valence-electron chi connectivity index (χ1n) is 6.23. The van der Waals surface area contributed by atoms with E-state index in [-0.39, 0.29) is 11.7 Å². The summed E-state index contributed by atoms with van der Waals surface area (Å²) in [5.41, 5.74) is 0.928. The van der Waals surface area contributed by atoms with E-state index in [1.807, 2.05) is 31.2 Å². The van der Waals surface area contributed by atoms with Crippen LogP contribution < -0.4 is 4.90 Å². The molecule has 0 saturated carbocycles. The molecule has 1 aliphatic heterocycles. The molecule has 1 heterocycles. The number of halogens is 1. The highest BCUT2D eigenvalue weighted by Crippen LogP contribution is 2.28. The Labute approximate surface area is 121 Å². The van der Waals surface area contributed by atoms with Gasteiger partial charge in [-0.25, -0.2) is 0 Å². The van der Waals surface area contributed by atoms with Gasteiger partial charge < -0.3 is 4.90 Å². The van der Waals surface area contributed by atoms with E-state index < -0.39 is 5.92 Å². The van der Waals surface area contributed by atoms with Crippen molar-refractivity contribution < 1.29 is 9.59 Å². The largest absolute Gasteiger partial charge is 0.311 e. The lowest BCUT2D eigenvalue weighted by Crippen LogP contribution is -2.44. The number of carbonyl (C=O) groups is 2. The van der Waals surface area contributed by atoms with Gasteiger partial charge in [0.05, 0.1) is 11.6 Å². The van der Waals surface area contributed by atoms with Gasteiger partial charge in [-0.2, -0.15) is 0 Å². The molecule has 0 spiro atoms. The van der Waals surface area contributed by atoms with Gasteiger partial charge in [-0.3, -0.25) is 9.59 Å². The number of amides is 1. The van der Waals surface area contributed by atoms with Crippen molar-refractivity contribution in [3.63, 3.8) is 0 Å². The van der Waals surface area contributed by atoms with Crippen molar-refractivity contribution in [2.45, 2.75) is 26.2 Å². The molecule has 0 aromatic heterocycles. The predicted molar refractivity (Wildman–Crippen MR) is 79.5 cm³/mol. The van der Waals surface area contributed by atoms with Gasteiger partial charge in [0.1, 0.15) is 5.78 Å². The lowest BCUT2D eigenvalue weighted by molar-refractivity contribution is -0.133. The Hall–Kier alpha value is -0.910. The topological polar surface area (TPSA) is 37.4 Å². The first-order chi connectivity index (χ1) is 8.65. The molecular weight excluding hydrogens is 341 g/mol. The average molecular weight is 357 g/mol. The van der Waals surface area contributed by atoms with Gasteiger partial charge in [-0.1, -0.05) is 19.1 Å². The number of Topliss-reactive ketones (excluding diaryl/α,β-unsaturated/α-hetero) is 1. The van der Waals surface area contributed by atoms with Gasteiger partial charge in [-0.05, 0) is 47.6 Å². The molecule has 1 unspecified atom stereocenters. The number of rotatable bonds is 3. The van der Waals surface area contributed by atoms with Crippen molar-refractivity contribution in [1.29, 1.82) is 0 Å². The minimum absolute atomic E-state index is 0.0304. The molecule has 0 N–H and O–H groups in total. The van der Waals surface area contributed by atoms with Crippen LogP contribution in [0, 0.1) is 9.49 Å². The third-order valence-electron chi connectivity index (χ3n) is 3.32. The van der Waals surface area contributed by atoms with Crippen molar-refractivity contribution in [2.75, 3.05) is 11.4 Å². The third kappa shape index (κ3) is 2.58. The van der Waals surface area contributed by atoms with Gasteiger partial charge in [0.15, 0.2) is 0 Å². The third-order valence-corrected chi connectivity index (χ3v) is 4.23. The summed E-state index contributed by atoms with van der Waals surface area (Å²) in [6, 6.07) is 7.80. The second-order valence-electron chi connectivity index (χ2n) is 4.46. The summed E-state index contributed by atoms with van der Waals surface area (Å²) in [6.45, 7) is 2.53. The fourth-order valence-electron chi connectivity index (χ4n) is 2.33. The molecule has 1 aromatic rings. The highest BCUT2D eigenvalue weighted by molar-refractivity contribution is 14.1. The Morgan fingerprint density at radius 1 is 1.44 bits per heavy atom. The van der Waals surface area contributed by atoms with Gasteiger partial charge in [-0.15, -0.1) is 0 Å². The van der Waals surface area contributed by atoms with E-state index in [9.17, 15) is 9.59 Å². The van der Waals surface area contributed by atoms with Crippen molar-refractivity contribution in [1.82, 2.24) is 0 Å². The number of ketones is 1. The standard InChI is InChI=1S/C14H16INO2/c1-2-13(17)10-6-5-9-16(14(10)18)12-8-4-3-7-11(12)15/h3-4,7-8,10H,2,5-6,9H2,1H3. The maximum atomic E-state index is 12.4. The van der Waals surface area contributed by atoms with Crippen LogP contribution in [0.2, 0.25) is 0 Å². The minimum atomic E-state index is -0.431. The lowest BCUT2D eigenvalue weighted by atomic mass is 9.91. The Morgan fingerprint density at radius 2 is 2.17 bits per heavy atom. The average Bonchev–Trinajstić information content (AvgIpc) is 2.39. The highest BCUT2D eigenvalue weighted by atomic mass is 127. The summed E-state index contributed by atoms with van der Waals surface area (Å²) in [5.74, 6) is -0.396. The van der Waals surface area contributed by atoms with E-state index in [1.165, 1.54) is 0 Å². The fraction of sp³-hybridized carbons (Fsp3) is 0.429. The first-order valence-corrected chi connectivity index (χ1v) is 7.31. The normalized spacial score (nSPS) is 20.0. The summed E-state index contributed by atoms with van der Waals surface area (Å²) in [6.07, 6.45) is 2.04. The van der Waals surface area contributed by atoms with Crippen LogP contribution in [0.25, 0.3) is 0 Å². The van der Waals surface area contributed by atoms with E-state index in [4.69, 9.17) is 0 Å². The molecule has 2 rings (SSSR count). The smallest absolute Gasteiger partial charge is 0.237 e. The molecule has 0 radical (unpaired) electrons. The molecular formula is C14H16INO2. The number of piperidine rings is 1. The zero-order chi connectivity index (χ0) is 13.1. The minimum Gasteiger partial charge on any atom is -0.311 e. The Balaban J connectivity index is 2.27. The number of carbonyl (C=O) groups excluding carboxylic acids is 2. The second kappa shape index (κ2) is 5.82. The van der Waals surface area contributed by atoms with Crippen LogP contribution in [0.1, 0.15) is 26.2 Å². The van der Waals surface area contributed by atoms with E-state index in [0.29, 0.717) is 19.4 Å². The maximum Gasteiger partial charge on any atom is 0.237 e. The molecule has 1 fully saturated rings. The Morgan fingerprint density at radius 3 is 2.83 bits per heavy atom. The van der Waals surface area contributed by atoms with Crippen LogP contribution in [-0.2, 0) is 9.59 Å². The zero-order valence-electron chi connectivity index (χ0n) is 10.4. The van der Waals surface area contributed by atoms with Gasteiger partial charge in [0, 0.05) is 16.5 Å².